The number of carbonyl (C=O) groups is 3. The van der Waals surface area contributed by atoms with E-state index in [1.165, 1.54) is 6.08 Å². The number of aryl methyl sites for hydroxylation is 2. The summed E-state index contributed by atoms with van der Waals surface area (Å²) in [5, 5.41) is 2.25. The highest BCUT2D eigenvalue weighted by atomic mass is 79.9. The SMILES string of the molecule is CCCOc1cc(Br)c(/C=C2/C(=O)NC(=O)N(c3ccc(C)c(C)c3)C2=O)cc1OCC. The number of anilines is 1. The molecule has 0 spiro atoms. The average molecular weight is 501 g/mol. The van der Waals surface area contributed by atoms with Gasteiger partial charge in [0, 0.05) is 4.47 Å². The molecule has 0 aromatic heterocycles. The molecule has 4 amide bonds. The summed E-state index contributed by atoms with van der Waals surface area (Å²) in [6, 6.07) is 7.90. The number of nitrogens with one attached hydrogen (secondary N) is 1. The molecule has 32 heavy (non-hydrogen) atoms. The van der Waals surface area contributed by atoms with E-state index in [0.29, 0.717) is 40.4 Å². The molecule has 0 bridgehead atoms. The lowest BCUT2D eigenvalue weighted by atomic mass is 10.0. The van der Waals surface area contributed by atoms with Crippen LogP contribution in [0.15, 0.2) is 40.4 Å². The molecule has 0 aliphatic carbocycles. The standard InChI is InChI=1S/C24H25BrN2O5/c1-5-9-32-21-13-19(25)16(12-20(21)31-6-2)11-18-22(28)26-24(30)27(23(18)29)17-8-7-14(3)15(4)10-17/h7-8,10-13H,5-6,9H2,1-4H3,(H,26,28,30)/b18-11-. The van der Waals surface area contributed by atoms with Crippen molar-refractivity contribution in [3.8, 4) is 11.5 Å². The lowest BCUT2D eigenvalue weighted by molar-refractivity contribution is -0.122. The van der Waals surface area contributed by atoms with Gasteiger partial charge in [0.1, 0.15) is 5.57 Å². The van der Waals surface area contributed by atoms with Crippen molar-refractivity contribution in [1.29, 1.82) is 0 Å². The van der Waals surface area contributed by atoms with Crippen molar-refractivity contribution in [2.24, 2.45) is 0 Å². The summed E-state index contributed by atoms with van der Waals surface area (Å²) >= 11 is 3.48. The van der Waals surface area contributed by atoms with Crippen LogP contribution < -0.4 is 19.7 Å². The van der Waals surface area contributed by atoms with Gasteiger partial charge in [0.25, 0.3) is 11.8 Å². The Morgan fingerprint density at radius 3 is 2.38 bits per heavy atom. The minimum absolute atomic E-state index is 0.159. The number of carbonyl (C=O) groups excluding carboxylic acids is 3. The Labute approximate surface area is 195 Å². The van der Waals surface area contributed by atoms with E-state index >= 15 is 0 Å². The van der Waals surface area contributed by atoms with Crippen LogP contribution in [0, 0.1) is 13.8 Å². The second kappa shape index (κ2) is 9.99. The van der Waals surface area contributed by atoms with E-state index in [0.717, 1.165) is 22.4 Å². The van der Waals surface area contributed by atoms with E-state index in [1.807, 2.05) is 33.8 Å². The first-order valence-corrected chi connectivity index (χ1v) is 11.1. The Balaban J connectivity index is 2.03. The molecule has 168 valence electrons. The largest absolute Gasteiger partial charge is 0.490 e. The van der Waals surface area contributed by atoms with Gasteiger partial charge in [-0.05, 0) is 74.2 Å². The molecule has 0 unspecified atom stereocenters. The van der Waals surface area contributed by atoms with E-state index in [2.05, 4.69) is 21.2 Å². The van der Waals surface area contributed by atoms with Crippen LogP contribution >= 0.6 is 15.9 Å². The van der Waals surface area contributed by atoms with E-state index in [-0.39, 0.29) is 5.57 Å². The maximum atomic E-state index is 13.2. The molecular weight excluding hydrogens is 476 g/mol. The number of amides is 4. The summed E-state index contributed by atoms with van der Waals surface area (Å²) in [7, 11) is 0. The fourth-order valence-electron chi connectivity index (χ4n) is 3.17. The third-order valence-corrected chi connectivity index (χ3v) is 5.66. The fraction of sp³-hybridized carbons (Fsp3) is 0.292. The molecule has 1 saturated heterocycles. The van der Waals surface area contributed by atoms with Gasteiger partial charge in [-0.25, -0.2) is 9.69 Å². The first-order chi connectivity index (χ1) is 15.3. The van der Waals surface area contributed by atoms with Gasteiger partial charge in [-0.3, -0.25) is 14.9 Å². The Bertz CT molecular complexity index is 1110. The number of imide groups is 2. The molecule has 3 rings (SSSR count). The molecule has 1 heterocycles. The van der Waals surface area contributed by atoms with Gasteiger partial charge >= 0.3 is 6.03 Å². The number of rotatable bonds is 7. The third kappa shape index (κ3) is 4.85. The van der Waals surface area contributed by atoms with Gasteiger partial charge < -0.3 is 9.47 Å². The molecule has 8 heteroatoms. The van der Waals surface area contributed by atoms with Crippen molar-refractivity contribution < 1.29 is 23.9 Å². The van der Waals surface area contributed by atoms with Gasteiger partial charge in [0.15, 0.2) is 11.5 Å². The van der Waals surface area contributed by atoms with Crippen molar-refractivity contribution in [2.45, 2.75) is 34.1 Å². The summed E-state index contributed by atoms with van der Waals surface area (Å²) in [6.45, 7) is 8.64. The third-order valence-electron chi connectivity index (χ3n) is 4.97. The summed E-state index contributed by atoms with van der Waals surface area (Å²) < 4.78 is 12.0. The van der Waals surface area contributed by atoms with Gasteiger partial charge in [0.05, 0.1) is 18.9 Å². The number of hydrogen-bond acceptors (Lipinski definition) is 5. The van der Waals surface area contributed by atoms with Crippen LogP contribution in [-0.2, 0) is 9.59 Å². The predicted octanol–water partition coefficient (Wildman–Crippen LogP) is 4.92. The zero-order valence-electron chi connectivity index (χ0n) is 18.5. The molecular formula is C24H25BrN2O5. The van der Waals surface area contributed by atoms with Crippen LogP contribution in [0.2, 0.25) is 0 Å². The molecule has 0 saturated carbocycles. The van der Waals surface area contributed by atoms with Crippen LogP contribution in [0.25, 0.3) is 6.08 Å². The normalized spacial score (nSPS) is 15.2. The number of benzene rings is 2. The molecule has 2 aromatic rings. The monoisotopic (exact) mass is 500 g/mol. The molecule has 7 nitrogen and oxygen atoms in total. The molecule has 1 aliphatic rings. The summed E-state index contributed by atoms with van der Waals surface area (Å²) in [5.74, 6) is -0.384. The number of urea groups is 1. The lowest BCUT2D eigenvalue weighted by Gasteiger charge is -2.27. The Morgan fingerprint density at radius 1 is 1.00 bits per heavy atom. The summed E-state index contributed by atoms with van der Waals surface area (Å²) in [5.41, 5.74) is 2.74. The number of hydrogen-bond donors (Lipinski definition) is 1. The van der Waals surface area contributed by atoms with Crippen molar-refractivity contribution in [3.63, 3.8) is 0 Å². The Kier molecular flexibility index (Phi) is 7.35. The highest BCUT2D eigenvalue weighted by Gasteiger charge is 2.37. The van der Waals surface area contributed by atoms with Crippen molar-refractivity contribution in [1.82, 2.24) is 5.32 Å². The number of barbiturate groups is 1. The maximum absolute atomic E-state index is 13.2. The minimum atomic E-state index is -0.780. The summed E-state index contributed by atoms with van der Waals surface area (Å²) in [4.78, 5) is 39.1. The lowest BCUT2D eigenvalue weighted by Crippen LogP contribution is -2.54. The Hall–Kier alpha value is -3.13. The highest BCUT2D eigenvalue weighted by molar-refractivity contribution is 9.10. The van der Waals surface area contributed by atoms with Crippen LogP contribution in [-0.4, -0.2) is 31.1 Å². The molecule has 1 N–H and O–H groups in total. The fourth-order valence-corrected chi connectivity index (χ4v) is 3.60. The van der Waals surface area contributed by atoms with Gasteiger partial charge in [-0.15, -0.1) is 0 Å². The number of halogens is 1. The van der Waals surface area contributed by atoms with Crippen molar-refractivity contribution in [2.75, 3.05) is 18.1 Å². The summed E-state index contributed by atoms with van der Waals surface area (Å²) in [6.07, 6.45) is 2.28. The van der Waals surface area contributed by atoms with Crippen LogP contribution in [0.5, 0.6) is 11.5 Å². The van der Waals surface area contributed by atoms with Gasteiger partial charge in [-0.2, -0.15) is 0 Å². The van der Waals surface area contributed by atoms with Gasteiger partial charge in [0.2, 0.25) is 0 Å². The molecule has 2 aromatic carbocycles. The first-order valence-electron chi connectivity index (χ1n) is 10.3. The van der Waals surface area contributed by atoms with E-state index in [1.54, 1.807) is 24.3 Å². The van der Waals surface area contributed by atoms with Crippen LogP contribution in [0.3, 0.4) is 0 Å². The predicted molar refractivity (Wildman–Crippen MR) is 126 cm³/mol. The van der Waals surface area contributed by atoms with Crippen LogP contribution in [0.4, 0.5) is 10.5 Å². The smallest absolute Gasteiger partial charge is 0.335 e. The van der Waals surface area contributed by atoms with E-state index in [9.17, 15) is 14.4 Å². The maximum Gasteiger partial charge on any atom is 0.335 e. The average Bonchev–Trinajstić information content (AvgIpc) is 2.74. The second-order valence-corrected chi connectivity index (χ2v) is 8.18. The highest BCUT2D eigenvalue weighted by Crippen LogP contribution is 2.35. The quantitative estimate of drug-likeness (QED) is 0.430. The van der Waals surface area contributed by atoms with Crippen molar-refractivity contribution in [3.05, 3.63) is 57.1 Å². The Morgan fingerprint density at radius 2 is 1.72 bits per heavy atom. The number of nitrogens with zero attached hydrogens (tertiary/aromatic N) is 1. The topological polar surface area (TPSA) is 84.9 Å². The van der Waals surface area contributed by atoms with E-state index < -0.39 is 17.8 Å². The van der Waals surface area contributed by atoms with Gasteiger partial charge in [-0.1, -0.05) is 28.9 Å². The molecule has 0 atom stereocenters. The molecule has 1 aliphatic heterocycles. The first kappa shape index (κ1) is 23.5. The van der Waals surface area contributed by atoms with Crippen LogP contribution in [0.1, 0.15) is 37.0 Å². The van der Waals surface area contributed by atoms with Crippen molar-refractivity contribution >= 4 is 45.5 Å². The number of ether oxygens (including phenoxy) is 2. The minimum Gasteiger partial charge on any atom is -0.490 e. The zero-order chi connectivity index (χ0) is 23.4. The molecule has 1 fully saturated rings. The zero-order valence-corrected chi connectivity index (χ0v) is 20.0. The second-order valence-electron chi connectivity index (χ2n) is 7.33. The van der Waals surface area contributed by atoms with E-state index in [4.69, 9.17) is 9.47 Å². The molecule has 0 radical (unpaired) electrons.